The normalized spacial score (nSPS) is 23.2. The van der Waals surface area contributed by atoms with Gasteiger partial charge in [0.15, 0.2) is 0 Å². The number of amides is 1. The lowest BCUT2D eigenvalue weighted by molar-refractivity contribution is -0.133. The van der Waals surface area contributed by atoms with E-state index in [0.717, 1.165) is 32.4 Å². The van der Waals surface area contributed by atoms with E-state index >= 15 is 0 Å². The Balaban J connectivity index is 2.35. The molecule has 0 spiro atoms. The van der Waals surface area contributed by atoms with Crippen molar-refractivity contribution in [1.82, 2.24) is 10.2 Å². The van der Waals surface area contributed by atoms with Crippen molar-refractivity contribution < 1.29 is 4.79 Å². The first kappa shape index (κ1) is 13.5. The van der Waals surface area contributed by atoms with E-state index in [9.17, 15) is 4.79 Å². The largest absolute Gasteiger partial charge is 0.341 e. The first-order valence-corrected chi connectivity index (χ1v) is 6.62. The second-order valence-corrected chi connectivity index (χ2v) is 5.07. The van der Waals surface area contributed by atoms with Gasteiger partial charge in [-0.25, -0.2) is 0 Å². The van der Waals surface area contributed by atoms with Gasteiger partial charge in [0.1, 0.15) is 0 Å². The topological polar surface area (TPSA) is 32.3 Å². The number of carbonyl (C=O) groups is 1. The van der Waals surface area contributed by atoms with Crippen LogP contribution in [-0.2, 0) is 4.79 Å². The van der Waals surface area contributed by atoms with Gasteiger partial charge in [-0.3, -0.25) is 4.79 Å². The fourth-order valence-electron chi connectivity index (χ4n) is 2.46. The van der Waals surface area contributed by atoms with E-state index in [1.54, 1.807) is 0 Å². The number of nitrogens with one attached hydrogen (secondary N) is 1. The molecule has 1 rings (SSSR count). The highest BCUT2D eigenvalue weighted by Gasteiger charge is 2.23. The van der Waals surface area contributed by atoms with Crippen LogP contribution >= 0.6 is 0 Å². The van der Waals surface area contributed by atoms with Crippen LogP contribution in [0.1, 0.15) is 46.0 Å². The zero-order valence-corrected chi connectivity index (χ0v) is 11.0. The number of nitrogens with zero attached hydrogens (tertiary/aromatic N) is 1. The van der Waals surface area contributed by atoms with E-state index in [0.29, 0.717) is 17.9 Å². The van der Waals surface area contributed by atoms with Gasteiger partial charge < -0.3 is 10.2 Å². The first-order chi connectivity index (χ1) is 7.67. The summed E-state index contributed by atoms with van der Waals surface area (Å²) in [4.78, 5) is 14.1. The van der Waals surface area contributed by atoms with Crippen molar-refractivity contribution in [3.05, 3.63) is 0 Å². The Morgan fingerprint density at radius 1 is 1.56 bits per heavy atom. The van der Waals surface area contributed by atoms with Crippen molar-refractivity contribution in [3.8, 4) is 0 Å². The van der Waals surface area contributed by atoms with Gasteiger partial charge in [0, 0.05) is 25.6 Å². The summed E-state index contributed by atoms with van der Waals surface area (Å²) in [6.07, 6.45) is 5.40. The SMILES string of the molecule is CCCC(C)CC(=O)N1CCCC(NC)C1. The maximum absolute atomic E-state index is 12.0. The van der Waals surface area contributed by atoms with Gasteiger partial charge in [-0.15, -0.1) is 0 Å². The Bertz CT molecular complexity index is 218. The molecule has 1 aliphatic rings. The van der Waals surface area contributed by atoms with Gasteiger partial charge in [0.25, 0.3) is 0 Å². The molecule has 0 bridgehead atoms. The molecule has 1 fully saturated rings. The van der Waals surface area contributed by atoms with Crippen LogP contribution in [0.25, 0.3) is 0 Å². The third-order valence-electron chi connectivity index (χ3n) is 3.49. The molecule has 1 saturated heterocycles. The van der Waals surface area contributed by atoms with Crippen molar-refractivity contribution in [2.75, 3.05) is 20.1 Å². The highest BCUT2D eigenvalue weighted by atomic mass is 16.2. The quantitative estimate of drug-likeness (QED) is 0.778. The fraction of sp³-hybridized carbons (Fsp3) is 0.923. The lowest BCUT2D eigenvalue weighted by Crippen LogP contribution is -2.47. The van der Waals surface area contributed by atoms with E-state index in [1.807, 2.05) is 11.9 Å². The minimum atomic E-state index is 0.348. The summed E-state index contributed by atoms with van der Waals surface area (Å²) in [5.41, 5.74) is 0. The molecular formula is C13H26N2O. The Kier molecular flexibility index (Phi) is 5.81. The average molecular weight is 226 g/mol. The fourth-order valence-corrected chi connectivity index (χ4v) is 2.46. The van der Waals surface area contributed by atoms with Crippen molar-refractivity contribution in [2.45, 2.75) is 52.0 Å². The van der Waals surface area contributed by atoms with Crippen molar-refractivity contribution in [2.24, 2.45) is 5.92 Å². The van der Waals surface area contributed by atoms with Crippen LogP contribution < -0.4 is 5.32 Å². The number of rotatable bonds is 5. The molecule has 0 aliphatic carbocycles. The van der Waals surface area contributed by atoms with Crippen molar-refractivity contribution in [1.29, 1.82) is 0 Å². The van der Waals surface area contributed by atoms with Crippen LogP contribution in [0.5, 0.6) is 0 Å². The summed E-state index contributed by atoms with van der Waals surface area (Å²) >= 11 is 0. The summed E-state index contributed by atoms with van der Waals surface area (Å²) in [6, 6.07) is 0.499. The lowest BCUT2D eigenvalue weighted by atomic mass is 10.00. The molecule has 0 aromatic rings. The Morgan fingerprint density at radius 3 is 2.94 bits per heavy atom. The summed E-state index contributed by atoms with van der Waals surface area (Å²) in [6.45, 7) is 6.21. The van der Waals surface area contributed by atoms with Gasteiger partial charge in [0.05, 0.1) is 0 Å². The molecule has 2 unspecified atom stereocenters. The molecule has 0 aromatic heterocycles. The highest BCUT2D eigenvalue weighted by Crippen LogP contribution is 2.15. The molecule has 3 nitrogen and oxygen atoms in total. The van der Waals surface area contributed by atoms with Gasteiger partial charge in [-0.2, -0.15) is 0 Å². The number of piperidine rings is 1. The Hall–Kier alpha value is -0.570. The van der Waals surface area contributed by atoms with Crippen LogP contribution in [-0.4, -0.2) is 37.0 Å². The number of hydrogen-bond acceptors (Lipinski definition) is 2. The molecule has 16 heavy (non-hydrogen) atoms. The summed E-state index contributed by atoms with van der Waals surface area (Å²) in [7, 11) is 1.98. The molecule has 94 valence electrons. The summed E-state index contributed by atoms with van der Waals surface area (Å²) in [5, 5.41) is 3.27. The van der Waals surface area contributed by atoms with E-state index in [1.165, 1.54) is 12.8 Å². The highest BCUT2D eigenvalue weighted by molar-refractivity contribution is 5.76. The zero-order chi connectivity index (χ0) is 12.0. The first-order valence-electron chi connectivity index (χ1n) is 6.62. The molecule has 0 saturated carbocycles. The molecule has 0 aromatic carbocycles. The van der Waals surface area contributed by atoms with Crippen LogP contribution in [0.15, 0.2) is 0 Å². The molecule has 2 atom stereocenters. The van der Waals surface area contributed by atoms with E-state index in [2.05, 4.69) is 19.2 Å². The minimum Gasteiger partial charge on any atom is -0.341 e. The lowest BCUT2D eigenvalue weighted by Gasteiger charge is -2.33. The van der Waals surface area contributed by atoms with Gasteiger partial charge in [-0.05, 0) is 25.8 Å². The number of carbonyl (C=O) groups excluding carboxylic acids is 1. The number of likely N-dealkylation sites (tertiary alicyclic amines) is 1. The Labute approximate surface area is 99.6 Å². The molecule has 1 amide bonds. The molecule has 0 radical (unpaired) electrons. The van der Waals surface area contributed by atoms with E-state index < -0.39 is 0 Å². The minimum absolute atomic E-state index is 0.348. The van der Waals surface area contributed by atoms with Crippen LogP contribution in [0.2, 0.25) is 0 Å². The third-order valence-corrected chi connectivity index (χ3v) is 3.49. The second-order valence-electron chi connectivity index (χ2n) is 5.07. The standard InChI is InChI=1S/C13H26N2O/c1-4-6-11(2)9-13(16)15-8-5-7-12(10-15)14-3/h11-12,14H,4-10H2,1-3H3. The van der Waals surface area contributed by atoms with Gasteiger partial charge >= 0.3 is 0 Å². The predicted octanol–water partition coefficient (Wildman–Crippen LogP) is 2.02. The number of likely N-dealkylation sites (N-methyl/N-ethyl adjacent to an activating group) is 1. The van der Waals surface area contributed by atoms with E-state index in [-0.39, 0.29) is 0 Å². The monoisotopic (exact) mass is 226 g/mol. The molecule has 1 N–H and O–H groups in total. The van der Waals surface area contributed by atoms with E-state index in [4.69, 9.17) is 0 Å². The third kappa shape index (κ3) is 4.12. The summed E-state index contributed by atoms with van der Waals surface area (Å²) < 4.78 is 0. The summed E-state index contributed by atoms with van der Waals surface area (Å²) in [5.74, 6) is 0.883. The smallest absolute Gasteiger partial charge is 0.222 e. The molecule has 3 heteroatoms. The average Bonchev–Trinajstić information content (AvgIpc) is 2.29. The number of hydrogen-bond donors (Lipinski definition) is 1. The van der Waals surface area contributed by atoms with Crippen LogP contribution in [0, 0.1) is 5.92 Å². The van der Waals surface area contributed by atoms with Crippen LogP contribution in [0.3, 0.4) is 0 Å². The van der Waals surface area contributed by atoms with Gasteiger partial charge in [0.2, 0.25) is 5.91 Å². The van der Waals surface area contributed by atoms with Gasteiger partial charge in [-0.1, -0.05) is 26.7 Å². The predicted molar refractivity (Wildman–Crippen MR) is 67.4 cm³/mol. The Morgan fingerprint density at radius 2 is 2.31 bits per heavy atom. The maximum atomic E-state index is 12.0. The molecular weight excluding hydrogens is 200 g/mol. The molecule has 1 heterocycles. The van der Waals surface area contributed by atoms with Crippen LogP contribution in [0.4, 0.5) is 0 Å². The molecule has 1 aliphatic heterocycles. The maximum Gasteiger partial charge on any atom is 0.222 e. The van der Waals surface area contributed by atoms with Crippen molar-refractivity contribution >= 4 is 5.91 Å². The van der Waals surface area contributed by atoms with Crippen molar-refractivity contribution in [3.63, 3.8) is 0 Å². The second kappa shape index (κ2) is 6.89. The zero-order valence-electron chi connectivity index (χ0n) is 11.0.